The summed E-state index contributed by atoms with van der Waals surface area (Å²) in [6.45, 7) is 1.28. The lowest BCUT2D eigenvalue weighted by atomic mass is 10.1. The van der Waals surface area contributed by atoms with E-state index >= 15 is 0 Å². The zero-order chi connectivity index (χ0) is 19.6. The molecule has 1 atom stereocenters. The fraction of sp³-hybridized carbons (Fsp3) is 0.316. The Morgan fingerprint density at radius 2 is 2.07 bits per heavy atom. The van der Waals surface area contributed by atoms with Crippen LogP contribution in [-0.4, -0.2) is 47.4 Å². The van der Waals surface area contributed by atoms with Crippen LogP contribution in [0.3, 0.4) is 0 Å². The summed E-state index contributed by atoms with van der Waals surface area (Å²) in [5.74, 6) is 0.645. The largest absolute Gasteiger partial charge is 0.306 e. The summed E-state index contributed by atoms with van der Waals surface area (Å²) in [6.07, 6.45) is 2.05. The van der Waals surface area contributed by atoms with Gasteiger partial charge in [0.1, 0.15) is 0 Å². The Labute approximate surface area is 167 Å². The molecule has 1 aliphatic rings. The second kappa shape index (κ2) is 8.29. The Morgan fingerprint density at radius 3 is 2.74 bits per heavy atom. The number of fused-ring (bicyclic) bond motifs is 1. The summed E-state index contributed by atoms with van der Waals surface area (Å²) < 4.78 is 0. The molecule has 0 aromatic heterocycles. The van der Waals surface area contributed by atoms with Crippen LogP contribution < -0.4 is 4.90 Å². The zero-order valence-corrected chi connectivity index (χ0v) is 16.7. The molecule has 0 saturated heterocycles. The fourth-order valence-electron chi connectivity index (χ4n) is 3.26. The van der Waals surface area contributed by atoms with Crippen LogP contribution in [0.5, 0.6) is 0 Å². The first-order chi connectivity index (χ1) is 12.9. The van der Waals surface area contributed by atoms with Gasteiger partial charge < -0.3 is 4.90 Å². The average Bonchev–Trinajstić information content (AvgIpc) is 2.78. The van der Waals surface area contributed by atoms with Crippen molar-refractivity contribution in [2.75, 3.05) is 30.5 Å². The number of amides is 1. The highest BCUT2D eigenvalue weighted by Crippen LogP contribution is 2.31. The van der Waals surface area contributed by atoms with Gasteiger partial charge in [0.05, 0.1) is 15.5 Å². The van der Waals surface area contributed by atoms with Gasteiger partial charge in [0, 0.05) is 42.7 Å². The van der Waals surface area contributed by atoms with Crippen molar-refractivity contribution in [3.8, 4) is 0 Å². The van der Waals surface area contributed by atoms with Crippen LogP contribution in [0, 0.1) is 10.1 Å². The summed E-state index contributed by atoms with van der Waals surface area (Å²) >= 11 is 7.95. The van der Waals surface area contributed by atoms with Gasteiger partial charge in [-0.05, 0) is 31.0 Å². The smallest absolute Gasteiger partial charge is 0.270 e. The van der Waals surface area contributed by atoms with Crippen molar-refractivity contribution in [1.29, 1.82) is 0 Å². The molecule has 0 radical (unpaired) electrons. The third-order valence-electron chi connectivity index (χ3n) is 4.72. The van der Waals surface area contributed by atoms with E-state index in [0.29, 0.717) is 6.54 Å². The molecule has 2 aromatic rings. The second-order valence-electron chi connectivity index (χ2n) is 6.49. The van der Waals surface area contributed by atoms with Crippen LogP contribution in [-0.2, 0) is 6.54 Å². The molecule has 1 aliphatic heterocycles. The first kappa shape index (κ1) is 19.7. The molecular formula is C19H20ClN3O3S. The van der Waals surface area contributed by atoms with Crippen molar-refractivity contribution in [1.82, 2.24) is 4.90 Å². The van der Waals surface area contributed by atoms with Gasteiger partial charge in [-0.25, -0.2) is 0 Å². The molecule has 1 unspecified atom stereocenters. The van der Waals surface area contributed by atoms with Crippen LogP contribution in [0.1, 0.15) is 15.9 Å². The standard InChI is InChI=1S/C19H20ClN3O3S/c1-21-10-13-5-3-4-6-18(13)22(11-15(21)12-27-2)19(24)16-8-7-14(23(25)26)9-17(16)20/h3-9,15H,10-12H2,1-2H3. The normalized spacial score (nSPS) is 17.3. The van der Waals surface area contributed by atoms with E-state index in [1.165, 1.54) is 18.2 Å². The number of benzene rings is 2. The highest BCUT2D eigenvalue weighted by molar-refractivity contribution is 7.98. The first-order valence-corrected chi connectivity index (χ1v) is 10.2. The maximum atomic E-state index is 13.3. The number of thioether (sulfide) groups is 1. The van der Waals surface area contributed by atoms with Crippen molar-refractivity contribution in [3.63, 3.8) is 0 Å². The predicted octanol–water partition coefficient (Wildman–Crippen LogP) is 4.07. The fourth-order valence-corrected chi connectivity index (χ4v) is 4.26. The van der Waals surface area contributed by atoms with Gasteiger partial charge >= 0.3 is 0 Å². The van der Waals surface area contributed by atoms with Crippen molar-refractivity contribution < 1.29 is 9.72 Å². The summed E-state index contributed by atoms with van der Waals surface area (Å²) in [4.78, 5) is 27.7. The summed E-state index contributed by atoms with van der Waals surface area (Å²) in [6, 6.07) is 12.0. The maximum Gasteiger partial charge on any atom is 0.270 e. The Balaban J connectivity index is 2.02. The molecule has 0 bridgehead atoms. The molecule has 1 heterocycles. The van der Waals surface area contributed by atoms with Crippen LogP contribution in [0.15, 0.2) is 42.5 Å². The van der Waals surface area contributed by atoms with E-state index in [-0.39, 0.29) is 28.2 Å². The van der Waals surface area contributed by atoms with Crippen molar-refractivity contribution in [2.45, 2.75) is 12.6 Å². The molecule has 0 aliphatic carbocycles. The minimum atomic E-state index is -0.523. The second-order valence-corrected chi connectivity index (χ2v) is 7.81. The van der Waals surface area contributed by atoms with Gasteiger partial charge in [0.15, 0.2) is 0 Å². The Kier molecular flexibility index (Phi) is 6.04. The number of carbonyl (C=O) groups excluding carboxylic acids is 1. The Bertz CT molecular complexity index is 877. The third kappa shape index (κ3) is 4.10. The molecule has 0 spiro atoms. The lowest BCUT2D eigenvalue weighted by Gasteiger charge is -2.29. The lowest BCUT2D eigenvalue weighted by Crippen LogP contribution is -2.43. The van der Waals surface area contributed by atoms with Crippen molar-refractivity contribution in [2.24, 2.45) is 0 Å². The number of para-hydroxylation sites is 1. The molecule has 1 amide bonds. The van der Waals surface area contributed by atoms with E-state index < -0.39 is 4.92 Å². The van der Waals surface area contributed by atoms with Gasteiger partial charge in [-0.2, -0.15) is 11.8 Å². The molecule has 2 aromatic carbocycles. The topological polar surface area (TPSA) is 66.7 Å². The van der Waals surface area contributed by atoms with E-state index in [0.717, 1.165) is 23.5 Å². The molecule has 142 valence electrons. The predicted molar refractivity (Wildman–Crippen MR) is 110 cm³/mol. The lowest BCUT2D eigenvalue weighted by molar-refractivity contribution is -0.384. The molecule has 6 nitrogen and oxygen atoms in total. The van der Waals surface area contributed by atoms with Crippen molar-refractivity contribution >= 4 is 40.6 Å². The zero-order valence-electron chi connectivity index (χ0n) is 15.1. The first-order valence-electron chi connectivity index (χ1n) is 8.45. The Morgan fingerprint density at radius 1 is 1.33 bits per heavy atom. The number of nitro benzene ring substituents is 1. The highest BCUT2D eigenvalue weighted by atomic mass is 35.5. The van der Waals surface area contributed by atoms with E-state index in [9.17, 15) is 14.9 Å². The summed E-state index contributed by atoms with van der Waals surface area (Å²) in [7, 11) is 2.06. The van der Waals surface area contributed by atoms with Gasteiger partial charge in [-0.1, -0.05) is 29.8 Å². The van der Waals surface area contributed by atoms with E-state index in [1.54, 1.807) is 16.7 Å². The molecule has 27 heavy (non-hydrogen) atoms. The highest BCUT2D eigenvalue weighted by Gasteiger charge is 2.30. The number of anilines is 1. The number of halogens is 1. The SMILES string of the molecule is CSCC1CN(C(=O)c2ccc([N+](=O)[O-])cc2Cl)c2ccccc2CN1C. The van der Waals surface area contributed by atoms with Crippen molar-refractivity contribution in [3.05, 3.63) is 68.7 Å². The third-order valence-corrected chi connectivity index (χ3v) is 5.75. The molecule has 8 heteroatoms. The number of hydrogen-bond donors (Lipinski definition) is 0. The van der Waals surface area contributed by atoms with Gasteiger partial charge in [0.2, 0.25) is 0 Å². The number of hydrogen-bond acceptors (Lipinski definition) is 5. The number of nitrogens with zero attached hydrogens (tertiary/aromatic N) is 3. The van der Waals surface area contributed by atoms with Gasteiger partial charge in [-0.3, -0.25) is 19.8 Å². The van der Waals surface area contributed by atoms with E-state index in [1.807, 2.05) is 30.5 Å². The number of nitro groups is 1. The van der Waals surface area contributed by atoms with Crippen LogP contribution in [0.2, 0.25) is 5.02 Å². The molecule has 0 N–H and O–H groups in total. The number of likely N-dealkylation sites (N-methyl/N-ethyl adjacent to an activating group) is 1. The Hall–Kier alpha value is -2.09. The minimum absolute atomic E-state index is 0.0886. The number of rotatable bonds is 4. The quantitative estimate of drug-likeness (QED) is 0.566. The van der Waals surface area contributed by atoms with Crippen LogP contribution in [0.25, 0.3) is 0 Å². The molecule has 0 saturated carbocycles. The molecule has 3 rings (SSSR count). The monoisotopic (exact) mass is 405 g/mol. The van der Waals surface area contributed by atoms with E-state index in [4.69, 9.17) is 11.6 Å². The summed E-state index contributed by atoms with van der Waals surface area (Å²) in [5, 5.41) is 11.0. The van der Waals surface area contributed by atoms with Gasteiger partial charge in [0.25, 0.3) is 11.6 Å². The summed E-state index contributed by atoms with van der Waals surface area (Å²) in [5.41, 5.74) is 2.06. The average molecular weight is 406 g/mol. The van der Waals surface area contributed by atoms with Crippen LogP contribution >= 0.6 is 23.4 Å². The van der Waals surface area contributed by atoms with E-state index in [2.05, 4.69) is 11.9 Å². The molecule has 0 fully saturated rings. The minimum Gasteiger partial charge on any atom is -0.306 e. The maximum absolute atomic E-state index is 13.3. The number of carbonyl (C=O) groups is 1. The van der Waals surface area contributed by atoms with Crippen LogP contribution in [0.4, 0.5) is 11.4 Å². The number of non-ortho nitro benzene ring substituents is 1. The molecular weight excluding hydrogens is 386 g/mol. The van der Waals surface area contributed by atoms with Gasteiger partial charge in [-0.15, -0.1) is 0 Å².